The van der Waals surface area contributed by atoms with Gasteiger partial charge in [0, 0.05) is 21.8 Å². The topological polar surface area (TPSA) is 83.1 Å². The van der Waals surface area contributed by atoms with Gasteiger partial charge in [0.1, 0.15) is 0 Å². The average Bonchev–Trinajstić information content (AvgIpc) is 3.05. The predicted octanol–water partition coefficient (Wildman–Crippen LogP) is 5.24. The Labute approximate surface area is 172 Å². The highest BCUT2D eigenvalue weighted by Crippen LogP contribution is 2.21. The Bertz CT molecular complexity index is 999. The highest BCUT2D eigenvalue weighted by atomic mass is 35.5. The molecule has 3 N–H and O–H groups in total. The number of hydrogen-bond acceptors (Lipinski definition) is 4. The number of para-hydroxylation sites is 1. The number of nitrogens with one attached hydrogen (secondary N) is 3. The largest absolute Gasteiger partial charge is 0.325 e. The first kappa shape index (κ1) is 19.9. The lowest BCUT2D eigenvalue weighted by molar-refractivity contribution is -0.115. The van der Waals surface area contributed by atoms with E-state index >= 15 is 0 Å². The van der Waals surface area contributed by atoms with Crippen LogP contribution in [-0.2, 0) is 11.2 Å². The van der Waals surface area contributed by atoms with Gasteiger partial charge in [-0.05, 0) is 43.2 Å². The van der Waals surface area contributed by atoms with Gasteiger partial charge in [0.15, 0.2) is 5.13 Å². The van der Waals surface area contributed by atoms with Crippen LogP contribution in [0, 0.1) is 13.8 Å². The van der Waals surface area contributed by atoms with Crippen LogP contribution in [0.5, 0.6) is 0 Å². The minimum atomic E-state index is -0.428. The third-order valence-corrected chi connectivity index (χ3v) is 4.98. The van der Waals surface area contributed by atoms with Gasteiger partial charge in [-0.2, -0.15) is 0 Å². The Morgan fingerprint density at radius 3 is 2.46 bits per heavy atom. The fourth-order valence-corrected chi connectivity index (χ4v) is 3.53. The molecule has 0 bridgehead atoms. The second kappa shape index (κ2) is 8.86. The SMILES string of the molecule is Cc1cccc(C)c1NC(=O)Cc1csc(NC(=O)Nc2cccc(Cl)c2)n1. The zero-order chi connectivity index (χ0) is 20.1. The first-order valence-corrected chi connectivity index (χ1v) is 9.80. The maximum atomic E-state index is 12.3. The van der Waals surface area contributed by atoms with Gasteiger partial charge >= 0.3 is 6.03 Å². The average molecular weight is 415 g/mol. The number of urea groups is 1. The molecule has 0 saturated carbocycles. The molecule has 0 unspecified atom stereocenters. The molecule has 6 nitrogen and oxygen atoms in total. The number of rotatable bonds is 5. The summed E-state index contributed by atoms with van der Waals surface area (Å²) in [5.74, 6) is -0.155. The number of hydrogen-bond donors (Lipinski definition) is 3. The van der Waals surface area contributed by atoms with Gasteiger partial charge in [-0.3, -0.25) is 10.1 Å². The number of amides is 3. The molecule has 0 atom stereocenters. The first-order chi connectivity index (χ1) is 13.4. The molecule has 0 spiro atoms. The van der Waals surface area contributed by atoms with Crippen molar-refractivity contribution in [1.29, 1.82) is 0 Å². The van der Waals surface area contributed by atoms with Crippen molar-refractivity contribution in [2.24, 2.45) is 0 Å². The highest BCUT2D eigenvalue weighted by Gasteiger charge is 2.12. The molecular formula is C20H19ClN4O2S. The van der Waals surface area contributed by atoms with E-state index in [9.17, 15) is 9.59 Å². The van der Waals surface area contributed by atoms with E-state index in [-0.39, 0.29) is 12.3 Å². The van der Waals surface area contributed by atoms with Gasteiger partial charge < -0.3 is 10.6 Å². The van der Waals surface area contributed by atoms with E-state index in [0.717, 1.165) is 16.8 Å². The van der Waals surface area contributed by atoms with Gasteiger partial charge in [-0.1, -0.05) is 35.9 Å². The lowest BCUT2D eigenvalue weighted by Crippen LogP contribution is -2.19. The Balaban J connectivity index is 1.56. The molecule has 3 amide bonds. The van der Waals surface area contributed by atoms with Gasteiger partial charge in [-0.15, -0.1) is 11.3 Å². The summed E-state index contributed by atoms with van der Waals surface area (Å²) >= 11 is 7.15. The zero-order valence-electron chi connectivity index (χ0n) is 15.4. The van der Waals surface area contributed by atoms with E-state index in [1.54, 1.807) is 29.6 Å². The van der Waals surface area contributed by atoms with Crippen molar-refractivity contribution < 1.29 is 9.59 Å². The van der Waals surface area contributed by atoms with Gasteiger partial charge in [0.25, 0.3) is 0 Å². The third kappa shape index (κ3) is 5.31. The first-order valence-electron chi connectivity index (χ1n) is 8.55. The molecule has 0 aliphatic heterocycles. The lowest BCUT2D eigenvalue weighted by Gasteiger charge is -2.10. The van der Waals surface area contributed by atoms with Crippen molar-refractivity contribution in [3.8, 4) is 0 Å². The highest BCUT2D eigenvalue weighted by molar-refractivity contribution is 7.14. The number of thiazole rings is 1. The number of halogens is 1. The summed E-state index contributed by atoms with van der Waals surface area (Å²) in [4.78, 5) is 28.7. The number of carbonyl (C=O) groups is 2. The summed E-state index contributed by atoms with van der Waals surface area (Å²) < 4.78 is 0. The Morgan fingerprint density at radius 2 is 1.75 bits per heavy atom. The van der Waals surface area contributed by atoms with Crippen LogP contribution in [-0.4, -0.2) is 16.9 Å². The van der Waals surface area contributed by atoms with E-state index in [0.29, 0.717) is 21.5 Å². The molecule has 28 heavy (non-hydrogen) atoms. The van der Waals surface area contributed by atoms with E-state index in [1.807, 2.05) is 32.0 Å². The quantitative estimate of drug-likeness (QED) is 0.534. The fraction of sp³-hybridized carbons (Fsp3) is 0.150. The molecule has 0 aliphatic rings. The Kier molecular flexibility index (Phi) is 6.28. The van der Waals surface area contributed by atoms with Crippen LogP contribution >= 0.6 is 22.9 Å². The van der Waals surface area contributed by atoms with Crippen LogP contribution < -0.4 is 16.0 Å². The molecule has 3 rings (SSSR count). The second-order valence-corrected chi connectivity index (χ2v) is 7.52. The van der Waals surface area contributed by atoms with E-state index < -0.39 is 6.03 Å². The number of aryl methyl sites for hydroxylation is 2. The van der Waals surface area contributed by atoms with Crippen LogP contribution in [0.3, 0.4) is 0 Å². The van der Waals surface area contributed by atoms with E-state index in [2.05, 4.69) is 20.9 Å². The number of nitrogens with zero attached hydrogens (tertiary/aromatic N) is 1. The van der Waals surface area contributed by atoms with Crippen LogP contribution in [0.15, 0.2) is 47.8 Å². The van der Waals surface area contributed by atoms with Crippen molar-refractivity contribution in [2.75, 3.05) is 16.0 Å². The van der Waals surface area contributed by atoms with Crippen molar-refractivity contribution in [2.45, 2.75) is 20.3 Å². The zero-order valence-corrected chi connectivity index (χ0v) is 16.9. The Hall–Kier alpha value is -2.90. The van der Waals surface area contributed by atoms with Gasteiger partial charge in [-0.25, -0.2) is 9.78 Å². The summed E-state index contributed by atoms with van der Waals surface area (Å²) in [6.45, 7) is 3.90. The fourth-order valence-electron chi connectivity index (χ4n) is 2.63. The number of carbonyl (C=O) groups excluding carboxylic acids is 2. The molecule has 144 valence electrons. The maximum absolute atomic E-state index is 12.3. The van der Waals surface area contributed by atoms with Crippen molar-refractivity contribution in [3.05, 3.63) is 69.7 Å². The molecule has 1 heterocycles. The normalized spacial score (nSPS) is 10.4. The van der Waals surface area contributed by atoms with Crippen LogP contribution in [0.2, 0.25) is 5.02 Å². The molecule has 1 aromatic heterocycles. The molecule has 3 aromatic rings. The van der Waals surface area contributed by atoms with Crippen molar-refractivity contribution >= 4 is 51.4 Å². The third-order valence-electron chi connectivity index (χ3n) is 3.94. The number of anilines is 3. The van der Waals surface area contributed by atoms with E-state index in [1.165, 1.54) is 11.3 Å². The molecule has 0 radical (unpaired) electrons. The molecule has 2 aromatic carbocycles. The summed E-state index contributed by atoms with van der Waals surface area (Å²) in [5.41, 5.74) is 4.00. The molecule has 0 aliphatic carbocycles. The molecule has 0 saturated heterocycles. The van der Waals surface area contributed by atoms with Crippen LogP contribution in [0.25, 0.3) is 0 Å². The predicted molar refractivity (Wildman–Crippen MR) is 114 cm³/mol. The lowest BCUT2D eigenvalue weighted by atomic mass is 10.1. The summed E-state index contributed by atoms with van der Waals surface area (Å²) in [7, 11) is 0. The monoisotopic (exact) mass is 414 g/mol. The van der Waals surface area contributed by atoms with Crippen LogP contribution in [0.4, 0.5) is 21.3 Å². The molecule has 0 fully saturated rings. The number of benzene rings is 2. The minimum absolute atomic E-state index is 0.127. The molecular weight excluding hydrogens is 396 g/mol. The summed E-state index contributed by atoms with van der Waals surface area (Å²) in [5, 5.41) is 11.0. The Morgan fingerprint density at radius 1 is 1.04 bits per heavy atom. The number of aromatic nitrogens is 1. The minimum Gasteiger partial charge on any atom is -0.325 e. The van der Waals surface area contributed by atoms with Crippen molar-refractivity contribution in [3.63, 3.8) is 0 Å². The second-order valence-electron chi connectivity index (χ2n) is 6.23. The standard InChI is InChI=1S/C20H19ClN4O2S/c1-12-5-3-6-13(2)18(12)24-17(26)10-16-11-28-20(23-16)25-19(27)22-15-8-4-7-14(21)9-15/h3-9,11H,10H2,1-2H3,(H,24,26)(H2,22,23,25,27). The summed E-state index contributed by atoms with van der Waals surface area (Å²) in [6, 6.07) is 12.3. The van der Waals surface area contributed by atoms with E-state index in [4.69, 9.17) is 11.6 Å². The summed E-state index contributed by atoms with van der Waals surface area (Å²) in [6.07, 6.45) is 0.127. The molecule has 8 heteroatoms. The maximum Gasteiger partial charge on any atom is 0.325 e. The smallest absolute Gasteiger partial charge is 0.325 e. The van der Waals surface area contributed by atoms with Gasteiger partial charge in [0.2, 0.25) is 5.91 Å². The van der Waals surface area contributed by atoms with Gasteiger partial charge in [0.05, 0.1) is 12.1 Å². The van der Waals surface area contributed by atoms with Crippen LogP contribution in [0.1, 0.15) is 16.8 Å². The van der Waals surface area contributed by atoms with Crippen molar-refractivity contribution in [1.82, 2.24) is 4.98 Å².